The van der Waals surface area contributed by atoms with Gasteiger partial charge >= 0.3 is 0 Å². The summed E-state index contributed by atoms with van der Waals surface area (Å²) in [6.07, 6.45) is 4.48. The molecule has 3 heterocycles. The normalized spacial score (nSPS) is 18.3. The Labute approximate surface area is 165 Å². The summed E-state index contributed by atoms with van der Waals surface area (Å²) in [7, 11) is -3.39. The molecule has 2 aromatic rings. The minimum absolute atomic E-state index is 0.0137. The topological polar surface area (TPSA) is 110 Å². The average Bonchev–Trinajstić information content (AvgIpc) is 3.28. The number of hydrogen-bond donors (Lipinski definition) is 1. The number of rotatable bonds is 7. The lowest BCUT2D eigenvalue weighted by Crippen LogP contribution is -2.45. The largest absolute Gasteiger partial charge is 0.355 e. The van der Waals surface area contributed by atoms with Gasteiger partial charge in [-0.05, 0) is 33.6 Å². The van der Waals surface area contributed by atoms with Crippen molar-refractivity contribution in [3.8, 4) is 11.3 Å². The number of carbonyl (C=O) groups excluding carboxylic acids is 1. The molecule has 1 saturated heterocycles. The first kappa shape index (κ1) is 20.5. The zero-order valence-corrected chi connectivity index (χ0v) is 17.3. The van der Waals surface area contributed by atoms with Crippen LogP contribution in [-0.4, -0.2) is 58.5 Å². The maximum Gasteiger partial charge on any atom is 0.273 e. The van der Waals surface area contributed by atoms with E-state index in [2.05, 4.69) is 15.6 Å². The van der Waals surface area contributed by atoms with Crippen LogP contribution in [0.1, 0.15) is 49.3 Å². The molecule has 1 aliphatic rings. The smallest absolute Gasteiger partial charge is 0.273 e. The lowest BCUT2D eigenvalue weighted by Gasteiger charge is -2.32. The van der Waals surface area contributed by atoms with Gasteiger partial charge in [0, 0.05) is 37.4 Å². The minimum Gasteiger partial charge on any atom is -0.355 e. The molecule has 1 amide bonds. The molecule has 1 atom stereocenters. The van der Waals surface area contributed by atoms with Crippen LogP contribution in [0, 0.1) is 6.92 Å². The third-order valence-electron chi connectivity index (χ3n) is 5.16. The number of aromatic nitrogens is 3. The fraction of sp³-hybridized carbons (Fsp3) is 0.611. The van der Waals surface area contributed by atoms with Crippen LogP contribution in [0.15, 0.2) is 16.8 Å². The van der Waals surface area contributed by atoms with Crippen molar-refractivity contribution in [1.29, 1.82) is 0 Å². The van der Waals surface area contributed by atoms with Gasteiger partial charge in [-0.15, -0.1) is 0 Å². The number of nitrogens with one attached hydrogen (secondary N) is 1. The van der Waals surface area contributed by atoms with Gasteiger partial charge in [0.05, 0.1) is 17.5 Å². The Morgan fingerprint density at radius 2 is 2.18 bits per heavy atom. The summed E-state index contributed by atoms with van der Waals surface area (Å²) in [5.74, 6) is -0.134. The minimum atomic E-state index is -3.39. The number of sulfonamides is 1. The van der Waals surface area contributed by atoms with E-state index < -0.39 is 15.9 Å². The number of piperidine rings is 1. The summed E-state index contributed by atoms with van der Waals surface area (Å²) in [5.41, 5.74) is 1.81. The molecule has 1 unspecified atom stereocenters. The van der Waals surface area contributed by atoms with E-state index in [-0.39, 0.29) is 24.0 Å². The van der Waals surface area contributed by atoms with Gasteiger partial charge in [0.1, 0.15) is 0 Å². The van der Waals surface area contributed by atoms with E-state index in [0.29, 0.717) is 12.3 Å². The predicted molar refractivity (Wildman–Crippen MR) is 104 cm³/mol. The number of hydrogen-bond acceptors (Lipinski definition) is 6. The van der Waals surface area contributed by atoms with E-state index >= 15 is 0 Å². The standard InChI is InChI=1S/C18H27N5O4S/c1-4-22-14(3)15(12-20-22)17-11-16(21-27-17)18(24)19-8-10-28(25,26)23-9-6-5-7-13(23)2/h11-13H,4-10H2,1-3H3,(H,19,24). The van der Waals surface area contributed by atoms with Crippen molar-refractivity contribution in [2.75, 3.05) is 18.8 Å². The lowest BCUT2D eigenvalue weighted by molar-refractivity contribution is 0.0947. The Kier molecular flexibility index (Phi) is 6.19. The third kappa shape index (κ3) is 4.27. The molecule has 0 radical (unpaired) electrons. The van der Waals surface area contributed by atoms with Crippen molar-refractivity contribution in [1.82, 2.24) is 24.6 Å². The van der Waals surface area contributed by atoms with Crippen LogP contribution in [-0.2, 0) is 16.6 Å². The van der Waals surface area contributed by atoms with Gasteiger partial charge in [-0.1, -0.05) is 11.6 Å². The second-order valence-electron chi connectivity index (χ2n) is 7.06. The SMILES string of the molecule is CCn1ncc(-c2cc(C(=O)NCCS(=O)(=O)N3CCCCC3C)no2)c1C. The highest BCUT2D eigenvalue weighted by molar-refractivity contribution is 7.89. The van der Waals surface area contributed by atoms with Crippen LogP contribution in [0.2, 0.25) is 0 Å². The Morgan fingerprint density at radius 3 is 2.86 bits per heavy atom. The maximum absolute atomic E-state index is 12.5. The molecule has 10 heteroatoms. The molecule has 9 nitrogen and oxygen atoms in total. The quantitative estimate of drug-likeness (QED) is 0.747. The van der Waals surface area contributed by atoms with E-state index in [1.807, 2.05) is 25.5 Å². The van der Waals surface area contributed by atoms with Crippen molar-refractivity contribution >= 4 is 15.9 Å². The van der Waals surface area contributed by atoms with Gasteiger partial charge in [0.15, 0.2) is 11.5 Å². The van der Waals surface area contributed by atoms with Gasteiger partial charge < -0.3 is 9.84 Å². The van der Waals surface area contributed by atoms with Crippen LogP contribution in [0.5, 0.6) is 0 Å². The first-order valence-electron chi connectivity index (χ1n) is 9.60. The van der Waals surface area contributed by atoms with E-state index in [4.69, 9.17) is 4.52 Å². The fourth-order valence-corrected chi connectivity index (χ4v) is 5.16. The van der Waals surface area contributed by atoms with Crippen molar-refractivity contribution in [3.63, 3.8) is 0 Å². The van der Waals surface area contributed by atoms with Gasteiger partial charge in [-0.25, -0.2) is 8.42 Å². The van der Waals surface area contributed by atoms with E-state index in [1.54, 1.807) is 16.6 Å². The zero-order valence-electron chi connectivity index (χ0n) is 16.5. The molecule has 3 rings (SSSR count). The molecule has 0 saturated carbocycles. The molecule has 1 aliphatic heterocycles. The highest BCUT2D eigenvalue weighted by Crippen LogP contribution is 2.24. The van der Waals surface area contributed by atoms with Crippen LogP contribution < -0.4 is 5.32 Å². The molecule has 1 fully saturated rings. The van der Waals surface area contributed by atoms with Gasteiger partial charge in [0.2, 0.25) is 10.0 Å². The third-order valence-corrected chi connectivity index (χ3v) is 7.13. The molecule has 28 heavy (non-hydrogen) atoms. The van der Waals surface area contributed by atoms with Crippen molar-refractivity contribution in [3.05, 3.63) is 23.7 Å². The Morgan fingerprint density at radius 1 is 1.39 bits per heavy atom. The Balaban J connectivity index is 1.58. The molecule has 0 bridgehead atoms. The van der Waals surface area contributed by atoms with E-state index in [1.165, 1.54) is 0 Å². The van der Waals surface area contributed by atoms with Gasteiger partial charge in [-0.3, -0.25) is 9.48 Å². The molecule has 154 valence electrons. The van der Waals surface area contributed by atoms with Crippen LogP contribution in [0.25, 0.3) is 11.3 Å². The van der Waals surface area contributed by atoms with Crippen molar-refractivity contribution in [2.24, 2.45) is 0 Å². The Hall–Kier alpha value is -2.20. The zero-order chi connectivity index (χ0) is 20.3. The van der Waals surface area contributed by atoms with Gasteiger partial charge in [0.25, 0.3) is 5.91 Å². The van der Waals surface area contributed by atoms with Gasteiger partial charge in [-0.2, -0.15) is 9.40 Å². The van der Waals surface area contributed by atoms with E-state index in [0.717, 1.165) is 37.1 Å². The summed E-state index contributed by atoms with van der Waals surface area (Å²) in [5, 5.41) is 10.7. The maximum atomic E-state index is 12.5. The first-order chi connectivity index (χ1) is 13.3. The molecule has 2 aromatic heterocycles. The molecular formula is C18H27N5O4S. The number of carbonyl (C=O) groups is 1. The number of aryl methyl sites for hydroxylation is 1. The number of amides is 1. The highest BCUT2D eigenvalue weighted by Gasteiger charge is 2.29. The average molecular weight is 410 g/mol. The van der Waals surface area contributed by atoms with Crippen LogP contribution >= 0.6 is 0 Å². The lowest BCUT2D eigenvalue weighted by atomic mass is 10.1. The molecule has 1 N–H and O–H groups in total. The summed E-state index contributed by atoms with van der Waals surface area (Å²) in [4.78, 5) is 12.3. The molecule has 0 spiro atoms. The van der Waals surface area contributed by atoms with E-state index in [9.17, 15) is 13.2 Å². The Bertz CT molecular complexity index is 934. The van der Waals surface area contributed by atoms with Crippen molar-refractivity contribution in [2.45, 2.75) is 52.6 Å². The molecular weight excluding hydrogens is 382 g/mol. The highest BCUT2D eigenvalue weighted by atomic mass is 32.2. The summed E-state index contributed by atoms with van der Waals surface area (Å²) in [6, 6.07) is 1.56. The summed E-state index contributed by atoms with van der Waals surface area (Å²) >= 11 is 0. The first-order valence-corrected chi connectivity index (χ1v) is 11.2. The van der Waals surface area contributed by atoms with Crippen LogP contribution in [0.4, 0.5) is 0 Å². The second-order valence-corrected chi connectivity index (χ2v) is 9.10. The fourth-order valence-electron chi connectivity index (χ4n) is 3.50. The van der Waals surface area contributed by atoms with Crippen LogP contribution in [0.3, 0.4) is 0 Å². The molecule has 0 aromatic carbocycles. The second kappa shape index (κ2) is 8.44. The van der Waals surface area contributed by atoms with Crippen molar-refractivity contribution < 1.29 is 17.7 Å². The summed E-state index contributed by atoms with van der Waals surface area (Å²) in [6.45, 7) is 7.14. The monoisotopic (exact) mass is 409 g/mol. The predicted octanol–water partition coefficient (Wildman–Crippen LogP) is 1.80. The molecule has 0 aliphatic carbocycles. The number of nitrogens with zero attached hydrogens (tertiary/aromatic N) is 4. The summed E-state index contributed by atoms with van der Waals surface area (Å²) < 4.78 is 33.7.